The van der Waals surface area contributed by atoms with Crippen molar-refractivity contribution in [2.75, 3.05) is 5.32 Å². The Hall–Kier alpha value is -2.49. The fraction of sp³-hybridized carbons (Fsp3) is 0.333. The van der Waals surface area contributed by atoms with Crippen LogP contribution in [0, 0.1) is 35.0 Å². The Morgan fingerprint density at radius 2 is 1.61 bits per heavy atom. The van der Waals surface area contributed by atoms with Crippen LogP contribution in [-0.2, 0) is 12.8 Å². The SMILES string of the molecule is CC[C@H]1CCc2c(sc(NC(=O)c3c(F)c(F)c(F)c(F)c3F)c2C(N)=O)C1. The predicted molar refractivity (Wildman–Crippen MR) is 92.8 cm³/mol. The Bertz CT molecular complexity index is 960. The molecular formula is C18H15F5N2O2S. The molecule has 1 aliphatic carbocycles. The molecule has 0 aliphatic heterocycles. The van der Waals surface area contributed by atoms with Crippen molar-refractivity contribution >= 4 is 28.2 Å². The van der Waals surface area contributed by atoms with E-state index >= 15 is 0 Å². The van der Waals surface area contributed by atoms with Gasteiger partial charge in [0.05, 0.1) is 5.56 Å². The number of anilines is 1. The number of halogens is 5. The van der Waals surface area contributed by atoms with Crippen molar-refractivity contribution in [3.63, 3.8) is 0 Å². The lowest BCUT2D eigenvalue weighted by Crippen LogP contribution is -2.22. The summed E-state index contributed by atoms with van der Waals surface area (Å²) in [7, 11) is 0. The van der Waals surface area contributed by atoms with Crippen LogP contribution in [0.25, 0.3) is 0 Å². The summed E-state index contributed by atoms with van der Waals surface area (Å²) >= 11 is 1.02. The van der Waals surface area contributed by atoms with Gasteiger partial charge in [0, 0.05) is 4.88 Å². The molecule has 0 saturated heterocycles. The highest BCUT2D eigenvalue weighted by Gasteiger charge is 2.32. The van der Waals surface area contributed by atoms with Crippen molar-refractivity contribution < 1.29 is 31.5 Å². The zero-order valence-electron chi connectivity index (χ0n) is 14.6. The second kappa shape index (κ2) is 7.50. The van der Waals surface area contributed by atoms with Gasteiger partial charge in [-0.15, -0.1) is 11.3 Å². The number of carbonyl (C=O) groups excluding carboxylic acids is 2. The number of rotatable bonds is 4. The number of nitrogens with one attached hydrogen (secondary N) is 1. The highest BCUT2D eigenvalue weighted by atomic mass is 32.1. The van der Waals surface area contributed by atoms with E-state index in [1.807, 2.05) is 6.92 Å². The van der Waals surface area contributed by atoms with E-state index in [1.54, 1.807) is 0 Å². The first-order valence-corrected chi connectivity index (χ1v) is 9.26. The first-order valence-electron chi connectivity index (χ1n) is 8.44. The van der Waals surface area contributed by atoms with Gasteiger partial charge in [-0.2, -0.15) is 0 Å². The predicted octanol–water partition coefficient (Wildman–Crippen LogP) is 4.31. The third kappa shape index (κ3) is 3.25. The lowest BCUT2D eigenvalue weighted by Gasteiger charge is -2.20. The quantitative estimate of drug-likeness (QED) is 0.441. The lowest BCUT2D eigenvalue weighted by molar-refractivity contribution is 0.1000. The zero-order valence-corrected chi connectivity index (χ0v) is 15.4. The summed E-state index contributed by atoms with van der Waals surface area (Å²) in [6.07, 6.45) is 2.91. The van der Waals surface area contributed by atoms with Gasteiger partial charge in [-0.25, -0.2) is 22.0 Å². The maximum Gasteiger partial charge on any atom is 0.262 e. The molecule has 1 atom stereocenters. The number of hydrogen-bond donors (Lipinski definition) is 2. The topological polar surface area (TPSA) is 72.2 Å². The van der Waals surface area contributed by atoms with E-state index in [2.05, 4.69) is 5.32 Å². The molecule has 1 aliphatic rings. The molecule has 2 aromatic rings. The Morgan fingerprint density at radius 1 is 1.04 bits per heavy atom. The van der Waals surface area contributed by atoms with E-state index in [0.29, 0.717) is 24.3 Å². The van der Waals surface area contributed by atoms with Gasteiger partial charge in [-0.3, -0.25) is 9.59 Å². The van der Waals surface area contributed by atoms with Crippen molar-refractivity contribution in [2.24, 2.45) is 11.7 Å². The zero-order chi connectivity index (χ0) is 20.7. The number of hydrogen-bond acceptors (Lipinski definition) is 3. The maximum atomic E-state index is 13.9. The summed E-state index contributed by atoms with van der Waals surface area (Å²) in [6.45, 7) is 2.02. The molecule has 10 heteroatoms. The number of thiophene rings is 1. The molecule has 3 N–H and O–H groups in total. The third-order valence-corrected chi connectivity index (χ3v) is 6.02. The molecule has 4 nitrogen and oxygen atoms in total. The summed E-state index contributed by atoms with van der Waals surface area (Å²) in [6, 6.07) is 0. The molecule has 0 saturated carbocycles. The maximum absolute atomic E-state index is 13.9. The monoisotopic (exact) mass is 418 g/mol. The standard InChI is InChI=1S/C18H15F5N2O2S/c1-2-6-3-4-7-8(5-6)28-18(9(7)16(24)26)25-17(27)10-11(19)13(21)15(23)14(22)12(10)20/h6H,2-5H2,1H3,(H2,24,26)(H,25,27)/t6-/m0/s1. The molecule has 0 bridgehead atoms. The fourth-order valence-corrected chi connectivity index (χ4v) is 4.68. The molecule has 150 valence electrons. The van der Waals surface area contributed by atoms with Crippen LogP contribution in [0.15, 0.2) is 0 Å². The van der Waals surface area contributed by atoms with Crippen LogP contribution >= 0.6 is 11.3 Å². The Kier molecular flexibility index (Phi) is 5.42. The minimum Gasteiger partial charge on any atom is -0.365 e. The minimum atomic E-state index is -2.36. The summed E-state index contributed by atoms with van der Waals surface area (Å²) < 4.78 is 67.6. The fourth-order valence-electron chi connectivity index (χ4n) is 3.32. The van der Waals surface area contributed by atoms with Crippen LogP contribution < -0.4 is 11.1 Å². The van der Waals surface area contributed by atoms with Gasteiger partial charge in [-0.1, -0.05) is 13.3 Å². The average molecular weight is 418 g/mol. The van der Waals surface area contributed by atoms with Crippen LogP contribution in [0.5, 0.6) is 0 Å². The van der Waals surface area contributed by atoms with Gasteiger partial charge in [0.25, 0.3) is 11.8 Å². The first-order chi connectivity index (χ1) is 13.2. The van der Waals surface area contributed by atoms with Crippen molar-refractivity contribution in [1.29, 1.82) is 0 Å². The normalized spacial score (nSPS) is 16.0. The van der Waals surface area contributed by atoms with E-state index in [0.717, 1.165) is 29.1 Å². The minimum absolute atomic E-state index is 0.00627. The molecule has 0 radical (unpaired) electrons. The number of amides is 2. The molecule has 2 amide bonds. The summed E-state index contributed by atoms with van der Waals surface area (Å²) in [5.74, 6) is -13.3. The van der Waals surface area contributed by atoms with Crippen LogP contribution in [0.3, 0.4) is 0 Å². The van der Waals surface area contributed by atoms with Gasteiger partial charge in [0.1, 0.15) is 10.6 Å². The van der Waals surface area contributed by atoms with Gasteiger partial charge in [0.15, 0.2) is 23.3 Å². The second-order valence-electron chi connectivity index (χ2n) is 6.49. The van der Waals surface area contributed by atoms with Gasteiger partial charge < -0.3 is 11.1 Å². The molecule has 1 aromatic carbocycles. The number of benzene rings is 1. The number of fused-ring (bicyclic) bond motifs is 1. The van der Waals surface area contributed by atoms with Crippen LogP contribution in [0.4, 0.5) is 27.0 Å². The largest absolute Gasteiger partial charge is 0.365 e. The molecule has 0 fully saturated rings. The van der Waals surface area contributed by atoms with Crippen molar-refractivity contribution in [1.82, 2.24) is 0 Å². The molecule has 1 aromatic heterocycles. The summed E-state index contributed by atoms with van der Waals surface area (Å²) in [5.41, 5.74) is 4.42. The Morgan fingerprint density at radius 3 is 2.14 bits per heavy atom. The van der Waals surface area contributed by atoms with E-state index in [1.165, 1.54) is 0 Å². The molecule has 0 spiro atoms. The van der Waals surface area contributed by atoms with Crippen LogP contribution in [-0.4, -0.2) is 11.8 Å². The van der Waals surface area contributed by atoms with E-state index in [-0.39, 0.29) is 10.6 Å². The van der Waals surface area contributed by atoms with Crippen LogP contribution in [0.1, 0.15) is 50.9 Å². The highest BCUT2D eigenvalue weighted by Crippen LogP contribution is 2.40. The number of nitrogens with two attached hydrogens (primary N) is 1. The van der Waals surface area contributed by atoms with Crippen molar-refractivity contribution in [3.8, 4) is 0 Å². The van der Waals surface area contributed by atoms with E-state index in [4.69, 9.17) is 5.73 Å². The molecule has 1 heterocycles. The Labute approximate surface area is 160 Å². The van der Waals surface area contributed by atoms with Crippen LogP contribution in [0.2, 0.25) is 0 Å². The molecule has 3 rings (SSSR count). The summed E-state index contributed by atoms with van der Waals surface area (Å²) in [5, 5.41) is 2.03. The molecule has 28 heavy (non-hydrogen) atoms. The smallest absolute Gasteiger partial charge is 0.262 e. The van der Waals surface area contributed by atoms with Crippen molar-refractivity contribution in [3.05, 3.63) is 50.7 Å². The first kappa shape index (κ1) is 20.2. The lowest BCUT2D eigenvalue weighted by atomic mass is 9.85. The molecule has 0 unspecified atom stereocenters. The van der Waals surface area contributed by atoms with E-state index < -0.39 is 46.5 Å². The second-order valence-corrected chi connectivity index (χ2v) is 7.59. The van der Waals surface area contributed by atoms with Gasteiger partial charge in [-0.05, 0) is 30.7 Å². The van der Waals surface area contributed by atoms with Gasteiger partial charge >= 0.3 is 0 Å². The van der Waals surface area contributed by atoms with Gasteiger partial charge in [0.2, 0.25) is 5.82 Å². The summed E-state index contributed by atoms with van der Waals surface area (Å²) in [4.78, 5) is 25.0. The molecular weight excluding hydrogens is 403 g/mol. The average Bonchev–Trinajstić information content (AvgIpc) is 3.01. The number of carbonyl (C=O) groups is 2. The third-order valence-electron chi connectivity index (χ3n) is 4.86. The van der Waals surface area contributed by atoms with E-state index in [9.17, 15) is 31.5 Å². The highest BCUT2D eigenvalue weighted by molar-refractivity contribution is 7.17. The van der Waals surface area contributed by atoms with Crippen molar-refractivity contribution in [2.45, 2.75) is 32.6 Å². The Balaban J connectivity index is 2.03. The number of primary amides is 1.